The average molecular weight is 234 g/mol. The van der Waals surface area contributed by atoms with Crippen molar-refractivity contribution in [3.05, 3.63) is 0 Å². The van der Waals surface area contributed by atoms with Gasteiger partial charge >= 0.3 is 0 Å². The topological polar surface area (TPSA) is 58.2 Å². The molecule has 1 unspecified atom stereocenters. The summed E-state index contributed by atoms with van der Waals surface area (Å²) in [5.41, 5.74) is -0.0515. The van der Waals surface area contributed by atoms with Crippen LogP contribution in [0.2, 0.25) is 0 Å². The van der Waals surface area contributed by atoms with E-state index >= 15 is 0 Å². The Morgan fingerprint density at radius 2 is 2.13 bits per heavy atom. The van der Waals surface area contributed by atoms with Crippen LogP contribution in [0, 0.1) is 5.92 Å². The summed E-state index contributed by atoms with van der Waals surface area (Å²) >= 11 is 0. The van der Waals surface area contributed by atoms with Gasteiger partial charge in [-0.3, -0.25) is 0 Å². The second-order valence-electron chi connectivity index (χ2n) is 5.09. The van der Waals surface area contributed by atoms with Gasteiger partial charge in [-0.25, -0.2) is 13.1 Å². The molecule has 90 valence electrons. The van der Waals surface area contributed by atoms with Crippen molar-refractivity contribution in [1.29, 1.82) is 0 Å². The molecule has 15 heavy (non-hydrogen) atoms. The predicted molar refractivity (Wildman–Crippen MR) is 62.3 cm³/mol. The van der Waals surface area contributed by atoms with Gasteiger partial charge in [0.2, 0.25) is 10.0 Å². The van der Waals surface area contributed by atoms with E-state index in [0.29, 0.717) is 6.54 Å². The molecule has 0 aromatic heterocycles. The monoisotopic (exact) mass is 234 g/mol. The molecule has 0 aromatic carbocycles. The Morgan fingerprint density at radius 1 is 1.47 bits per heavy atom. The van der Waals surface area contributed by atoms with Crippen molar-refractivity contribution in [3.8, 4) is 0 Å². The van der Waals surface area contributed by atoms with Crippen LogP contribution in [0.3, 0.4) is 0 Å². The summed E-state index contributed by atoms with van der Waals surface area (Å²) < 4.78 is 25.9. The highest BCUT2D eigenvalue weighted by Gasteiger charge is 2.29. The summed E-state index contributed by atoms with van der Waals surface area (Å²) in [6.07, 6.45) is 2.17. The first-order valence-electron chi connectivity index (χ1n) is 5.55. The quantitative estimate of drug-likeness (QED) is 0.736. The van der Waals surface area contributed by atoms with Crippen LogP contribution >= 0.6 is 0 Å². The fraction of sp³-hybridized carbons (Fsp3) is 1.00. The molecule has 0 amide bonds. The molecule has 0 radical (unpaired) electrons. The summed E-state index contributed by atoms with van der Waals surface area (Å²) in [6.45, 7) is 7.38. The van der Waals surface area contributed by atoms with Crippen molar-refractivity contribution >= 4 is 10.0 Å². The van der Waals surface area contributed by atoms with Crippen LogP contribution in [0.4, 0.5) is 0 Å². The number of sulfonamides is 1. The molecule has 2 N–H and O–H groups in total. The maximum atomic E-state index is 11.6. The summed E-state index contributed by atoms with van der Waals surface area (Å²) in [7, 11) is -3.10. The first-order valence-corrected chi connectivity index (χ1v) is 7.21. The highest BCUT2D eigenvalue weighted by molar-refractivity contribution is 7.89. The van der Waals surface area contributed by atoms with E-state index < -0.39 is 10.0 Å². The average Bonchev–Trinajstić information content (AvgIpc) is 2.48. The zero-order valence-electron chi connectivity index (χ0n) is 9.84. The largest absolute Gasteiger partial charge is 0.310 e. The molecule has 1 aliphatic heterocycles. The minimum Gasteiger partial charge on any atom is -0.310 e. The third-order valence-electron chi connectivity index (χ3n) is 2.69. The zero-order valence-corrected chi connectivity index (χ0v) is 10.7. The second-order valence-corrected chi connectivity index (χ2v) is 6.94. The Labute approximate surface area is 92.9 Å². The fourth-order valence-electron chi connectivity index (χ4n) is 1.87. The molecule has 0 bridgehead atoms. The highest BCUT2D eigenvalue weighted by Crippen LogP contribution is 2.17. The predicted octanol–water partition coefficient (Wildman–Crippen LogP) is 0.704. The summed E-state index contributed by atoms with van der Waals surface area (Å²) in [4.78, 5) is 0. The van der Waals surface area contributed by atoms with Crippen LogP contribution in [0.15, 0.2) is 0 Å². The molecule has 1 fully saturated rings. The summed E-state index contributed by atoms with van der Waals surface area (Å²) in [5, 5.41) is 3.33. The lowest BCUT2D eigenvalue weighted by molar-refractivity contribution is 0.409. The molecule has 1 atom stereocenters. The van der Waals surface area contributed by atoms with E-state index in [1.54, 1.807) is 0 Å². The van der Waals surface area contributed by atoms with Crippen molar-refractivity contribution in [3.63, 3.8) is 0 Å². The number of rotatable bonds is 5. The van der Waals surface area contributed by atoms with Crippen LogP contribution in [-0.4, -0.2) is 32.8 Å². The summed E-state index contributed by atoms with van der Waals surface area (Å²) in [6, 6.07) is 0. The van der Waals surface area contributed by atoms with Gasteiger partial charge in [0, 0.05) is 12.1 Å². The van der Waals surface area contributed by atoms with Crippen molar-refractivity contribution in [2.75, 3.05) is 18.8 Å². The molecule has 0 aromatic rings. The van der Waals surface area contributed by atoms with Gasteiger partial charge in [0.25, 0.3) is 0 Å². The molecule has 4 nitrogen and oxygen atoms in total. The first kappa shape index (κ1) is 12.9. The molecule has 5 heteroatoms. The van der Waals surface area contributed by atoms with E-state index in [1.165, 1.54) is 0 Å². The van der Waals surface area contributed by atoms with E-state index in [1.807, 2.05) is 13.8 Å². The summed E-state index contributed by atoms with van der Waals surface area (Å²) in [5.74, 6) is 0.384. The first-order chi connectivity index (χ1) is 6.83. The van der Waals surface area contributed by atoms with Crippen LogP contribution in [0.25, 0.3) is 0 Å². The lowest BCUT2D eigenvalue weighted by Gasteiger charge is -2.24. The molecule has 1 heterocycles. The molecule has 0 saturated carbocycles. The third kappa shape index (κ3) is 4.49. The van der Waals surface area contributed by atoms with Crippen molar-refractivity contribution in [2.45, 2.75) is 39.2 Å². The van der Waals surface area contributed by atoms with Gasteiger partial charge in [0.1, 0.15) is 0 Å². The minimum absolute atomic E-state index is 0.0515. The molecule has 1 aliphatic rings. The number of hydrogen-bond donors (Lipinski definition) is 2. The van der Waals surface area contributed by atoms with Crippen molar-refractivity contribution in [1.82, 2.24) is 10.0 Å². The molecule has 0 spiro atoms. The zero-order chi connectivity index (χ0) is 11.5. The van der Waals surface area contributed by atoms with Crippen LogP contribution in [0.1, 0.15) is 33.6 Å². The van der Waals surface area contributed by atoms with Crippen LogP contribution < -0.4 is 10.0 Å². The fourth-order valence-corrected chi connectivity index (χ4v) is 3.41. The van der Waals surface area contributed by atoms with Gasteiger partial charge in [0.15, 0.2) is 0 Å². The Kier molecular flexibility index (Phi) is 4.14. The SMILES string of the molecule is CC(C)CS(=O)(=O)NCC1(C)CCCN1. The van der Waals surface area contributed by atoms with Crippen molar-refractivity contribution < 1.29 is 8.42 Å². The van der Waals surface area contributed by atoms with Crippen LogP contribution in [-0.2, 0) is 10.0 Å². The molecule has 1 rings (SSSR count). The van der Waals surface area contributed by atoms with Gasteiger partial charge in [-0.05, 0) is 32.2 Å². The van der Waals surface area contributed by atoms with Crippen molar-refractivity contribution in [2.24, 2.45) is 5.92 Å². The maximum absolute atomic E-state index is 11.6. The molecular weight excluding hydrogens is 212 g/mol. The second kappa shape index (κ2) is 4.80. The van der Waals surface area contributed by atoms with Gasteiger partial charge in [-0.1, -0.05) is 13.8 Å². The number of hydrogen-bond acceptors (Lipinski definition) is 3. The standard InChI is InChI=1S/C10H22N2O2S/c1-9(2)7-15(13,14)12-8-10(3)5-4-6-11-10/h9,11-12H,4-8H2,1-3H3. The van der Waals surface area contributed by atoms with E-state index in [9.17, 15) is 8.42 Å². The van der Waals surface area contributed by atoms with Gasteiger partial charge < -0.3 is 5.32 Å². The smallest absolute Gasteiger partial charge is 0.211 e. The Hall–Kier alpha value is -0.130. The lowest BCUT2D eigenvalue weighted by Crippen LogP contribution is -2.47. The highest BCUT2D eigenvalue weighted by atomic mass is 32.2. The Balaban J connectivity index is 2.42. The Morgan fingerprint density at radius 3 is 2.60 bits per heavy atom. The minimum atomic E-state index is -3.10. The lowest BCUT2D eigenvalue weighted by atomic mass is 10.0. The van der Waals surface area contributed by atoms with Crippen LogP contribution in [0.5, 0.6) is 0 Å². The van der Waals surface area contributed by atoms with Gasteiger partial charge in [0.05, 0.1) is 5.75 Å². The van der Waals surface area contributed by atoms with E-state index in [-0.39, 0.29) is 17.2 Å². The normalized spacial score (nSPS) is 27.5. The maximum Gasteiger partial charge on any atom is 0.211 e. The number of nitrogens with one attached hydrogen (secondary N) is 2. The van der Waals surface area contributed by atoms with Gasteiger partial charge in [-0.2, -0.15) is 0 Å². The van der Waals surface area contributed by atoms with E-state index in [2.05, 4.69) is 17.0 Å². The third-order valence-corrected chi connectivity index (χ3v) is 4.38. The molecular formula is C10H22N2O2S. The molecule has 0 aliphatic carbocycles. The van der Waals surface area contributed by atoms with E-state index in [4.69, 9.17) is 0 Å². The molecule has 1 saturated heterocycles. The van der Waals surface area contributed by atoms with Gasteiger partial charge in [-0.15, -0.1) is 0 Å². The Bertz CT molecular complexity index is 293. The van der Waals surface area contributed by atoms with E-state index in [0.717, 1.165) is 19.4 Å².